The van der Waals surface area contributed by atoms with Crippen LogP contribution in [0.25, 0.3) is 11.8 Å². The number of hydrogen-bond donors (Lipinski definition) is 1. The quantitative estimate of drug-likeness (QED) is 0.475. The van der Waals surface area contributed by atoms with Gasteiger partial charge >= 0.3 is 0 Å². The van der Waals surface area contributed by atoms with Gasteiger partial charge in [0.25, 0.3) is 5.91 Å². The second kappa shape index (κ2) is 9.44. The topological polar surface area (TPSA) is 92.3 Å². The molecular formula is C25H20ClN5O3S. The number of carbonyl (C=O) groups excluding carboxylic acids is 1. The van der Waals surface area contributed by atoms with Crippen molar-refractivity contribution in [1.82, 2.24) is 9.58 Å². The Labute approximate surface area is 211 Å². The van der Waals surface area contributed by atoms with E-state index in [1.54, 1.807) is 25.3 Å². The van der Waals surface area contributed by atoms with Crippen LogP contribution in [0.3, 0.4) is 0 Å². The molecule has 3 aromatic rings. The number of methoxy groups -OCH3 is 2. The van der Waals surface area contributed by atoms with E-state index in [0.717, 1.165) is 10.6 Å². The SMILES string of the molecule is COc1cc(OC)c(-n2cccc2/C=C2\C(=N)N3N=C(Cc4ccccc4)SC3=NC2=O)cc1Cl. The van der Waals surface area contributed by atoms with Crippen LogP contribution in [-0.2, 0) is 11.2 Å². The van der Waals surface area contributed by atoms with Crippen molar-refractivity contribution in [2.24, 2.45) is 10.1 Å². The van der Waals surface area contributed by atoms with E-state index in [2.05, 4.69) is 10.1 Å². The van der Waals surface area contributed by atoms with Crippen LogP contribution in [0.4, 0.5) is 0 Å². The minimum Gasteiger partial charge on any atom is -0.495 e. The highest BCUT2D eigenvalue weighted by Crippen LogP contribution is 2.36. The van der Waals surface area contributed by atoms with Crippen LogP contribution in [0.5, 0.6) is 11.5 Å². The van der Waals surface area contributed by atoms with Crippen LogP contribution >= 0.6 is 23.4 Å². The fourth-order valence-electron chi connectivity index (χ4n) is 3.79. The summed E-state index contributed by atoms with van der Waals surface area (Å²) >= 11 is 7.67. The third-order valence-corrected chi connectivity index (χ3v) is 6.68. The molecule has 5 rings (SSSR count). The lowest BCUT2D eigenvalue weighted by atomic mass is 10.1. The first-order valence-corrected chi connectivity index (χ1v) is 11.8. The minimum absolute atomic E-state index is 0.0250. The number of aliphatic imine (C=N–C) groups is 1. The maximum Gasteiger partial charge on any atom is 0.283 e. The van der Waals surface area contributed by atoms with Crippen LogP contribution in [-0.4, -0.2) is 45.7 Å². The normalized spacial score (nSPS) is 16.3. The maximum absolute atomic E-state index is 12.9. The summed E-state index contributed by atoms with van der Waals surface area (Å²) in [5.74, 6) is 0.514. The standard InChI is InChI=1S/C25H20ClN5O3S/c1-33-20-14-21(34-2)19(13-18(20)26)30-10-6-9-16(30)12-17-23(27)31-25(28-24(17)32)35-22(29-31)11-15-7-4-3-5-8-15/h3-10,12-14,27H,11H2,1-2H3/b17-12+,27-23?. The molecule has 1 aromatic heterocycles. The van der Waals surface area contributed by atoms with E-state index >= 15 is 0 Å². The summed E-state index contributed by atoms with van der Waals surface area (Å²) in [5, 5.41) is 16.2. The van der Waals surface area contributed by atoms with Crippen molar-refractivity contribution in [3.63, 3.8) is 0 Å². The van der Waals surface area contributed by atoms with E-state index in [1.165, 1.54) is 23.9 Å². The molecule has 0 aliphatic carbocycles. The van der Waals surface area contributed by atoms with Gasteiger partial charge < -0.3 is 14.0 Å². The molecule has 0 saturated heterocycles. The molecule has 0 bridgehead atoms. The Morgan fingerprint density at radius 1 is 1.09 bits per heavy atom. The summed E-state index contributed by atoms with van der Waals surface area (Å²) in [7, 11) is 3.09. The number of hydrazone groups is 1. The van der Waals surface area contributed by atoms with Gasteiger partial charge in [-0.1, -0.05) is 41.9 Å². The van der Waals surface area contributed by atoms with E-state index in [4.69, 9.17) is 26.5 Å². The molecule has 0 saturated carbocycles. The van der Waals surface area contributed by atoms with Gasteiger partial charge in [0.1, 0.15) is 16.5 Å². The molecule has 1 amide bonds. The Morgan fingerprint density at radius 2 is 1.86 bits per heavy atom. The first kappa shape index (κ1) is 22.9. The first-order chi connectivity index (χ1) is 17.0. The molecule has 0 radical (unpaired) electrons. The molecule has 2 aromatic carbocycles. The average Bonchev–Trinajstić information content (AvgIpc) is 3.49. The van der Waals surface area contributed by atoms with E-state index in [1.807, 2.05) is 53.2 Å². The molecule has 176 valence electrons. The number of rotatable bonds is 6. The second-order valence-electron chi connectivity index (χ2n) is 7.64. The van der Waals surface area contributed by atoms with Crippen LogP contribution in [0.2, 0.25) is 5.02 Å². The molecule has 0 fully saturated rings. The number of amidine groups is 2. The Bertz CT molecular complexity index is 1430. The summed E-state index contributed by atoms with van der Waals surface area (Å²) in [6, 6.07) is 17.0. The molecule has 3 heterocycles. The predicted molar refractivity (Wildman–Crippen MR) is 139 cm³/mol. The number of fused-ring (bicyclic) bond motifs is 1. The summed E-state index contributed by atoms with van der Waals surface area (Å²) in [6.45, 7) is 0. The van der Waals surface area contributed by atoms with Gasteiger partial charge in [-0.25, -0.2) is 0 Å². The smallest absolute Gasteiger partial charge is 0.283 e. The van der Waals surface area contributed by atoms with Gasteiger partial charge in [0.05, 0.1) is 30.5 Å². The Morgan fingerprint density at radius 3 is 2.60 bits per heavy atom. The van der Waals surface area contributed by atoms with Crippen LogP contribution in [0, 0.1) is 5.41 Å². The second-order valence-corrected chi connectivity index (χ2v) is 9.09. The number of nitrogens with one attached hydrogen (secondary N) is 1. The van der Waals surface area contributed by atoms with Crippen molar-refractivity contribution in [3.8, 4) is 17.2 Å². The first-order valence-electron chi connectivity index (χ1n) is 10.6. The van der Waals surface area contributed by atoms with E-state index in [-0.39, 0.29) is 11.4 Å². The van der Waals surface area contributed by atoms with Crippen molar-refractivity contribution >= 4 is 51.4 Å². The number of hydrogen-bond acceptors (Lipinski definition) is 6. The monoisotopic (exact) mass is 505 g/mol. The lowest BCUT2D eigenvalue weighted by molar-refractivity contribution is -0.114. The average molecular weight is 506 g/mol. The number of amides is 1. The van der Waals surface area contributed by atoms with Gasteiger partial charge in [-0.3, -0.25) is 10.2 Å². The lowest BCUT2D eigenvalue weighted by Crippen LogP contribution is -2.35. The zero-order chi connectivity index (χ0) is 24.5. The number of nitrogens with zero attached hydrogens (tertiary/aromatic N) is 4. The van der Waals surface area contributed by atoms with Crippen molar-refractivity contribution < 1.29 is 14.3 Å². The number of ether oxygens (including phenoxy) is 2. The lowest BCUT2D eigenvalue weighted by Gasteiger charge is -2.20. The highest BCUT2D eigenvalue weighted by molar-refractivity contribution is 8.26. The third kappa shape index (κ3) is 4.36. The number of aromatic nitrogens is 1. The summed E-state index contributed by atoms with van der Waals surface area (Å²) in [5.41, 5.74) is 2.54. The van der Waals surface area contributed by atoms with Crippen LogP contribution in [0.1, 0.15) is 11.3 Å². The van der Waals surface area contributed by atoms with Crippen molar-refractivity contribution in [2.75, 3.05) is 14.2 Å². The van der Waals surface area contributed by atoms with E-state index in [0.29, 0.717) is 39.5 Å². The molecule has 2 aliphatic heterocycles. The van der Waals surface area contributed by atoms with Crippen LogP contribution in [0.15, 0.2) is 76.5 Å². The summed E-state index contributed by atoms with van der Waals surface area (Å²) in [4.78, 5) is 17.1. The van der Waals surface area contributed by atoms with Crippen LogP contribution < -0.4 is 9.47 Å². The highest BCUT2D eigenvalue weighted by Gasteiger charge is 2.35. The maximum atomic E-state index is 12.9. The zero-order valence-corrected chi connectivity index (χ0v) is 20.4. The highest BCUT2D eigenvalue weighted by atomic mass is 35.5. The van der Waals surface area contributed by atoms with Gasteiger partial charge in [0, 0.05) is 24.4 Å². The van der Waals surface area contributed by atoms with Gasteiger partial charge in [-0.15, -0.1) is 0 Å². The van der Waals surface area contributed by atoms with Gasteiger partial charge in [-0.2, -0.15) is 15.1 Å². The third-order valence-electron chi connectivity index (χ3n) is 5.48. The zero-order valence-electron chi connectivity index (χ0n) is 18.9. The molecule has 0 spiro atoms. The fraction of sp³-hybridized carbons (Fsp3) is 0.120. The van der Waals surface area contributed by atoms with Gasteiger partial charge in [-0.05, 0) is 41.6 Å². The number of carbonyl (C=O) groups is 1. The van der Waals surface area contributed by atoms with Crippen molar-refractivity contribution in [1.29, 1.82) is 5.41 Å². The van der Waals surface area contributed by atoms with Crippen molar-refractivity contribution in [2.45, 2.75) is 6.42 Å². The molecule has 0 unspecified atom stereocenters. The van der Waals surface area contributed by atoms with Gasteiger partial charge in [0.15, 0.2) is 5.84 Å². The van der Waals surface area contributed by atoms with E-state index in [9.17, 15) is 4.79 Å². The van der Waals surface area contributed by atoms with Crippen molar-refractivity contribution in [3.05, 3.63) is 82.6 Å². The molecule has 2 aliphatic rings. The molecule has 1 N–H and O–H groups in total. The molecule has 10 heteroatoms. The molecule has 0 atom stereocenters. The molecule has 35 heavy (non-hydrogen) atoms. The van der Waals surface area contributed by atoms with E-state index < -0.39 is 5.91 Å². The van der Waals surface area contributed by atoms with Gasteiger partial charge in [0.2, 0.25) is 5.17 Å². The number of benzene rings is 2. The largest absolute Gasteiger partial charge is 0.495 e. The summed E-state index contributed by atoms with van der Waals surface area (Å²) < 4.78 is 12.6. The Kier molecular flexibility index (Phi) is 6.19. The molecular weight excluding hydrogens is 486 g/mol. The number of halogens is 1. The Balaban J connectivity index is 1.48. The minimum atomic E-state index is -0.489. The Hall–Kier alpha value is -3.82. The molecule has 8 nitrogen and oxygen atoms in total. The predicted octanol–water partition coefficient (Wildman–Crippen LogP) is 5.01. The number of thioether (sulfide) groups is 1. The fourth-order valence-corrected chi connectivity index (χ4v) is 4.94. The summed E-state index contributed by atoms with van der Waals surface area (Å²) in [6.07, 6.45) is 4.04.